The molecule has 0 saturated heterocycles. The largest absolute Gasteiger partial charge is 0.449 e. The highest BCUT2D eigenvalue weighted by Crippen LogP contribution is 2.66. The summed E-state index contributed by atoms with van der Waals surface area (Å²) in [7, 11) is 0. The Kier molecular flexibility index (Phi) is 5.43. The van der Waals surface area contributed by atoms with Crippen LogP contribution >= 0.6 is 0 Å². The van der Waals surface area contributed by atoms with E-state index in [9.17, 15) is 0 Å². The molecular weight excluding hydrogens is 514 g/mol. The Morgan fingerprint density at radius 1 is 0.857 bits per heavy atom. The van der Waals surface area contributed by atoms with E-state index in [0.717, 1.165) is 52.8 Å². The van der Waals surface area contributed by atoms with Crippen molar-refractivity contribution in [1.29, 1.82) is 0 Å². The van der Waals surface area contributed by atoms with Crippen molar-refractivity contribution < 1.29 is 9.47 Å². The molecule has 4 aliphatic rings. The summed E-state index contributed by atoms with van der Waals surface area (Å²) in [4.78, 5) is 2.28. The SMILES string of the molecule is C=C/C=C(\C)N(c1ccc2c(c1)Oc1ccc3c(c1O2)-c1ccccc1C31C2=C(C=CCC2)c2ccccc21)C(C)C. The molecule has 1 atom stereocenters. The van der Waals surface area contributed by atoms with Gasteiger partial charge in [-0.15, -0.1) is 0 Å². The molecule has 1 aliphatic heterocycles. The summed E-state index contributed by atoms with van der Waals surface area (Å²) in [6, 6.07) is 28.7. The van der Waals surface area contributed by atoms with Crippen molar-refractivity contribution in [2.24, 2.45) is 0 Å². The fourth-order valence-corrected chi connectivity index (χ4v) is 7.83. The minimum atomic E-state index is -0.322. The van der Waals surface area contributed by atoms with Gasteiger partial charge in [0.05, 0.1) is 5.41 Å². The van der Waals surface area contributed by atoms with E-state index >= 15 is 0 Å². The van der Waals surface area contributed by atoms with E-state index in [1.54, 1.807) is 0 Å². The molecule has 0 amide bonds. The second-order valence-corrected chi connectivity index (χ2v) is 11.8. The molecule has 0 N–H and O–H groups in total. The van der Waals surface area contributed by atoms with Crippen LogP contribution < -0.4 is 14.4 Å². The second-order valence-electron chi connectivity index (χ2n) is 11.8. The summed E-state index contributed by atoms with van der Waals surface area (Å²) in [5.41, 5.74) is 12.4. The molecule has 0 fully saturated rings. The van der Waals surface area contributed by atoms with E-state index < -0.39 is 0 Å². The molecule has 3 heteroatoms. The fourth-order valence-electron chi connectivity index (χ4n) is 7.83. The zero-order valence-electron chi connectivity index (χ0n) is 24.3. The topological polar surface area (TPSA) is 21.7 Å². The third-order valence-corrected chi connectivity index (χ3v) is 9.26. The second kappa shape index (κ2) is 9.12. The number of hydrogen-bond donors (Lipinski definition) is 0. The van der Waals surface area contributed by atoms with Gasteiger partial charge in [-0.05, 0) is 96.9 Å². The first-order valence-corrected chi connectivity index (χ1v) is 14.9. The summed E-state index contributed by atoms with van der Waals surface area (Å²) >= 11 is 0. The molecule has 0 radical (unpaired) electrons. The van der Waals surface area contributed by atoms with Gasteiger partial charge in [0, 0.05) is 29.1 Å². The van der Waals surface area contributed by atoms with Gasteiger partial charge in [-0.3, -0.25) is 0 Å². The lowest BCUT2D eigenvalue weighted by Crippen LogP contribution is -2.28. The van der Waals surface area contributed by atoms with E-state index in [2.05, 4.69) is 117 Å². The van der Waals surface area contributed by atoms with Crippen molar-refractivity contribution >= 4 is 11.3 Å². The third kappa shape index (κ3) is 3.22. The highest BCUT2D eigenvalue weighted by molar-refractivity contribution is 5.99. The highest BCUT2D eigenvalue weighted by atomic mass is 16.6. The molecule has 4 aromatic carbocycles. The van der Waals surface area contributed by atoms with Gasteiger partial charge in [0.2, 0.25) is 0 Å². The minimum Gasteiger partial charge on any atom is -0.449 e. The molecule has 0 aromatic heterocycles. The Hall–Kier alpha value is -4.76. The Bertz CT molecular complexity index is 1910. The molecule has 42 heavy (non-hydrogen) atoms. The standard InChI is InChI=1S/C39H33NO2/c1-5-12-25(4)40(24(2)3)26-19-21-34-36(23-26)41-35-22-20-33-37(38(35)42-34)29-15-8-11-18-32(29)39(33)30-16-9-6-13-27(30)28-14-7-10-17-31(28)39/h5-9,11-16,18-24H,1,10,17H2,2-4H3/b25-12+. The van der Waals surface area contributed by atoms with Crippen molar-refractivity contribution in [1.82, 2.24) is 0 Å². The van der Waals surface area contributed by atoms with E-state index in [1.807, 2.05) is 18.2 Å². The quantitative estimate of drug-likeness (QED) is 0.209. The lowest BCUT2D eigenvalue weighted by molar-refractivity contribution is 0.360. The van der Waals surface area contributed by atoms with E-state index in [1.165, 1.54) is 39.0 Å². The monoisotopic (exact) mass is 547 g/mol. The molecular formula is C39H33NO2. The number of benzene rings is 4. The van der Waals surface area contributed by atoms with Crippen molar-refractivity contribution in [2.75, 3.05) is 4.90 Å². The number of allylic oxidation sites excluding steroid dienone is 7. The van der Waals surface area contributed by atoms with Crippen LogP contribution in [0.25, 0.3) is 16.7 Å². The van der Waals surface area contributed by atoms with E-state index in [0.29, 0.717) is 0 Å². The smallest absolute Gasteiger partial charge is 0.178 e. The van der Waals surface area contributed by atoms with Gasteiger partial charge in [0.1, 0.15) is 0 Å². The molecule has 0 saturated carbocycles. The molecule has 8 rings (SSSR count). The maximum atomic E-state index is 6.80. The summed E-state index contributed by atoms with van der Waals surface area (Å²) in [5, 5.41) is 0. The van der Waals surface area contributed by atoms with Gasteiger partial charge in [-0.2, -0.15) is 0 Å². The first-order valence-electron chi connectivity index (χ1n) is 14.9. The predicted octanol–water partition coefficient (Wildman–Crippen LogP) is 10.3. The number of rotatable bonds is 4. The van der Waals surface area contributed by atoms with Gasteiger partial charge in [-0.25, -0.2) is 0 Å². The molecule has 4 aromatic rings. The number of hydrogen-bond acceptors (Lipinski definition) is 3. The number of ether oxygens (including phenoxy) is 2. The van der Waals surface area contributed by atoms with Gasteiger partial charge in [0.15, 0.2) is 23.0 Å². The summed E-state index contributed by atoms with van der Waals surface area (Å²) in [6.07, 6.45) is 10.6. The average molecular weight is 548 g/mol. The molecule has 206 valence electrons. The Balaban J connectivity index is 1.31. The van der Waals surface area contributed by atoms with Crippen LogP contribution in [0.4, 0.5) is 5.69 Å². The zero-order valence-corrected chi connectivity index (χ0v) is 24.3. The third-order valence-electron chi connectivity index (χ3n) is 9.26. The van der Waals surface area contributed by atoms with Crippen LogP contribution in [0.3, 0.4) is 0 Å². The van der Waals surface area contributed by atoms with Crippen molar-refractivity contribution in [3.63, 3.8) is 0 Å². The summed E-state index contributed by atoms with van der Waals surface area (Å²) in [5.74, 6) is 3.02. The lowest BCUT2D eigenvalue weighted by atomic mass is 9.68. The average Bonchev–Trinajstić information content (AvgIpc) is 3.48. The molecule has 3 nitrogen and oxygen atoms in total. The van der Waals surface area contributed by atoms with Crippen LogP contribution in [0.15, 0.2) is 121 Å². The maximum Gasteiger partial charge on any atom is 0.178 e. The normalized spacial score (nSPS) is 18.9. The number of nitrogens with zero attached hydrogens (tertiary/aromatic N) is 1. The van der Waals surface area contributed by atoms with Crippen LogP contribution in [0.5, 0.6) is 23.0 Å². The van der Waals surface area contributed by atoms with Crippen molar-refractivity contribution in [2.45, 2.75) is 45.1 Å². The Labute approximate surface area is 247 Å². The molecule has 1 unspecified atom stereocenters. The minimum absolute atomic E-state index is 0.273. The molecule has 0 bridgehead atoms. The van der Waals surface area contributed by atoms with Gasteiger partial charge in [-0.1, -0.05) is 79.4 Å². The first kappa shape index (κ1) is 25.0. The summed E-state index contributed by atoms with van der Waals surface area (Å²) < 4.78 is 13.4. The zero-order chi connectivity index (χ0) is 28.6. The lowest BCUT2D eigenvalue weighted by Gasteiger charge is -2.34. The first-order chi connectivity index (χ1) is 20.5. The van der Waals surface area contributed by atoms with E-state index in [-0.39, 0.29) is 11.5 Å². The van der Waals surface area contributed by atoms with Crippen molar-refractivity contribution in [3.8, 4) is 34.1 Å². The van der Waals surface area contributed by atoms with Gasteiger partial charge < -0.3 is 14.4 Å². The number of fused-ring (bicyclic) bond motifs is 12. The Morgan fingerprint density at radius 2 is 1.60 bits per heavy atom. The van der Waals surface area contributed by atoms with Crippen LogP contribution in [0.2, 0.25) is 0 Å². The van der Waals surface area contributed by atoms with Crippen LogP contribution in [0, 0.1) is 0 Å². The molecule has 3 aliphatic carbocycles. The van der Waals surface area contributed by atoms with Crippen LogP contribution in [0.1, 0.15) is 55.9 Å². The fraction of sp³-hybridized carbons (Fsp3) is 0.179. The van der Waals surface area contributed by atoms with Crippen LogP contribution in [-0.2, 0) is 5.41 Å². The summed E-state index contributed by atoms with van der Waals surface area (Å²) in [6.45, 7) is 10.4. The van der Waals surface area contributed by atoms with Gasteiger partial charge >= 0.3 is 0 Å². The number of anilines is 1. The predicted molar refractivity (Wildman–Crippen MR) is 172 cm³/mol. The van der Waals surface area contributed by atoms with Crippen molar-refractivity contribution in [3.05, 3.63) is 143 Å². The van der Waals surface area contributed by atoms with Crippen LogP contribution in [-0.4, -0.2) is 6.04 Å². The highest BCUT2D eigenvalue weighted by Gasteiger charge is 2.53. The van der Waals surface area contributed by atoms with Gasteiger partial charge in [0.25, 0.3) is 0 Å². The maximum absolute atomic E-state index is 6.80. The molecule has 1 spiro atoms. The van der Waals surface area contributed by atoms with E-state index in [4.69, 9.17) is 9.47 Å². The Morgan fingerprint density at radius 3 is 2.38 bits per heavy atom. The molecule has 1 heterocycles.